The van der Waals surface area contributed by atoms with Crippen molar-refractivity contribution in [2.24, 2.45) is 5.92 Å². The van der Waals surface area contributed by atoms with Crippen LogP contribution in [0.1, 0.15) is 63.9 Å². The Bertz CT molecular complexity index is 1040. The minimum Gasteiger partial charge on any atom is -0.462 e. The largest absolute Gasteiger partial charge is 0.462 e. The van der Waals surface area contributed by atoms with E-state index in [0.717, 1.165) is 29.7 Å². The first-order valence-electron chi connectivity index (χ1n) is 10.2. The van der Waals surface area contributed by atoms with Crippen molar-refractivity contribution in [3.05, 3.63) is 51.4 Å². The fraction of sp³-hybridized carbons (Fsp3) is 0.391. The van der Waals surface area contributed by atoms with E-state index in [2.05, 4.69) is 12.2 Å². The van der Waals surface area contributed by atoms with Crippen molar-refractivity contribution in [1.82, 2.24) is 0 Å². The molecule has 8 heteroatoms. The van der Waals surface area contributed by atoms with E-state index >= 15 is 0 Å². The van der Waals surface area contributed by atoms with Crippen LogP contribution in [0.25, 0.3) is 0 Å². The zero-order valence-corrected chi connectivity index (χ0v) is 18.5. The highest BCUT2D eigenvalue weighted by molar-refractivity contribution is 7.17. The van der Waals surface area contributed by atoms with E-state index in [4.69, 9.17) is 14.7 Å². The highest BCUT2D eigenvalue weighted by atomic mass is 32.1. The summed E-state index contributed by atoms with van der Waals surface area (Å²) in [6.45, 7) is 5.61. The molecule has 3 rings (SSSR count). The molecule has 1 N–H and O–H groups in total. The molecule has 1 aliphatic rings. The summed E-state index contributed by atoms with van der Waals surface area (Å²) in [7, 11) is 0. The van der Waals surface area contributed by atoms with E-state index in [9.17, 15) is 14.4 Å². The van der Waals surface area contributed by atoms with Crippen LogP contribution in [0.5, 0.6) is 0 Å². The molecule has 0 spiro atoms. The number of carbonyl (C=O) groups excluding carboxylic acids is 3. The number of anilines is 1. The van der Waals surface area contributed by atoms with Gasteiger partial charge in [-0.2, -0.15) is 5.26 Å². The molecule has 1 amide bonds. The standard InChI is InChI=1S/C23H24N2O5S/c1-4-29-23(28)19-17-10-5-13(2)11-18(17)31-21(19)25-20(26)14(3)30-22(27)16-8-6-15(12-24)7-9-16/h6-9,13-14H,4-5,10-11H2,1-3H3,(H,25,26). The van der Waals surface area contributed by atoms with Crippen molar-refractivity contribution in [3.8, 4) is 6.07 Å². The first kappa shape index (κ1) is 22.5. The lowest BCUT2D eigenvalue weighted by Crippen LogP contribution is -2.30. The van der Waals surface area contributed by atoms with Gasteiger partial charge in [0.05, 0.1) is 29.4 Å². The predicted octanol–water partition coefficient (Wildman–Crippen LogP) is 4.11. The van der Waals surface area contributed by atoms with Gasteiger partial charge in [0.1, 0.15) is 5.00 Å². The van der Waals surface area contributed by atoms with E-state index in [1.54, 1.807) is 6.92 Å². The van der Waals surface area contributed by atoms with Gasteiger partial charge in [-0.15, -0.1) is 11.3 Å². The van der Waals surface area contributed by atoms with E-state index in [-0.39, 0.29) is 12.2 Å². The molecule has 31 heavy (non-hydrogen) atoms. The second-order valence-corrected chi connectivity index (χ2v) is 8.61. The van der Waals surface area contributed by atoms with Gasteiger partial charge in [0.25, 0.3) is 5.91 Å². The van der Waals surface area contributed by atoms with Crippen LogP contribution in [0, 0.1) is 17.2 Å². The van der Waals surface area contributed by atoms with Gasteiger partial charge in [-0.25, -0.2) is 9.59 Å². The van der Waals surface area contributed by atoms with Crippen LogP contribution in [0.3, 0.4) is 0 Å². The highest BCUT2D eigenvalue weighted by Crippen LogP contribution is 2.40. The Kier molecular flexibility index (Phi) is 7.08. The van der Waals surface area contributed by atoms with Gasteiger partial charge in [0, 0.05) is 4.88 Å². The number of benzene rings is 1. The lowest BCUT2D eigenvalue weighted by atomic mass is 9.88. The second kappa shape index (κ2) is 9.75. The van der Waals surface area contributed by atoms with Gasteiger partial charge in [0.2, 0.25) is 0 Å². The minimum absolute atomic E-state index is 0.242. The van der Waals surface area contributed by atoms with Crippen LogP contribution in [0.15, 0.2) is 24.3 Å². The van der Waals surface area contributed by atoms with Crippen LogP contribution in [-0.2, 0) is 27.1 Å². The van der Waals surface area contributed by atoms with Gasteiger partial charge in [-0.1, -0.05) is 6.92 Å². The maximum Gasteiger partial charge on any atom is 0.341 e. The van der Waals surface area contributed by atoms with Crippen molar-refractivity contribution in [2.75, 3.05) is 11.9 Å². The number of hydrogen-bond acceptors (Lipinski definition) is 7. The van der Waals surface area contributed by atoms with Crippen molar-refractivity contribution in [3.63, 3.8) is 0 Å². The summed E-state index contributed by atoms with van der Waals surface area (Å²) in [5, 5.41) is 12.0. The quantitative estimate of drug-likeness (QED) is 0.678. The molecule has 2 unspecified atom stereocenters. The maximum absolute atomic E-state index is 12.7. The maximum atomic E-state index is 12.7. The third kappa shape index (κ3) is 5.12. The van der Waals surface area contributed by atoms with Crippen molar-refractivity contribution in [2.45, 2.75) is 46.1 Å². The lowest BCUT2D eigenvalue weighted by Gasteiger charge is -2.18. The molecule has 162 valence electrons. The monoisotopic (exact) mass is 440 g/mol. The Morgan fingerprint density at radius 1 is 1.26 bits per heavy atom. The number of nitrogens with one attached hydrogen (secondary N) is 1. The molecule has 1 heterocycles. The molecule has 0 bridgehead atoms. The van der Waals surface area contributed by atoms with E-state index < -0.39 is 23.9 Å². The third-order valence-corrected chi connectivity index (χ3v) is 6.30. The number of nitrogens with zero attached hydrogens (tertiary/aromatic N) is 1. The van der Waals surface area contributed by atoms with E-state index in [0.29, 0.717) is 22.0 Å². The summed E-state index contributed by atoms with van der Waals surface area (Å²) < 4.78 is 10.5. The SMILES string of the molecule is CCOC(=O)c1c(NC(=O)C(C)OC(=O)c2ccc(C#N)cc2)sc2c1CCC(C)C2. The van der Waals surface area contributed by atoms with Crippen molar-refractivity contribution >= 4 is 34.2 Å². The first-order valence-corrected chi connectivity index (χ1v) is 11.0. The molecule has 0 saturated carbocycles. The summed E-state index contributed by atoms with van der Waals surface area (Å²) in [4.78, 5) is 38.7. The highest BCUT2D eigenvalue weighted by Gasteiger charge is 2.30. The second-order valence-electron chi connectivity index (χ2n) is 7.50. The third-order valence-electron chi connectivity index (χ3n) is 5.13. The molecular formula is C23H24N2O5S. The average Bonchev–Trinajstić information content (AvgIpc) is 3.10. The number of amides is 1. The molecule has 1 aromatic carbocycles. The number of rotatable bonds is 6. The molecule has 2 atom stereocenters. The molecule has 0 fully saturated rings. The summed E-state index contributed by atoms with van der Waals surface area (Å²) in [6.07, 6.45) is 1.52. The number of hydrogen-bond donors (Lipinski definition) is 1. The van der Waals surface area contributed by atoms with Crippen LogP contribution in [0.2, 0.25) is 0 Å². The zero-order chi connectivity index (χ0) is 22.5. The summed E-state index contributed by atoms with van der Waals surface area (Å²) >= 11 is 1.38. The fourth-order valence-electron chi connectivity index (χ4n) is 3.43. The summed E-state index contributed by atoms with van der Waals surface area (Å²) in [6, 6.07) is 7.92. The summed E-state index contributed by atoms with van der Waals surface area (Å²) in [5.74, 6) is -1.14. The van der Waals surface area contributed by atoms with Crippen LogP contribution >= 0.6 is 11.3 Å². The molecule has 0 radical (unpaired) electrons. The van der Waals surface area contributed by atoms with Crippen LogP contribution in [-0.4, -0.2) is 30.6 Å². The number of ether oxygens (including phenoxy) is 2. The molecule has 2 aromatic rings. The number of thiophene rings is 1. The van der Waals surface area contributed by atoms with Gasteiger partial charge in [-0.3, -0.25) is 4.79 Å². The Labute approximate surface area is 185 Å². The molecule has 7 nitrogen and oxygen atoms in total. The van der Waals surface area contributed by atoms with Gasteiger partial charge >= 0.3 is 11.9 Å². The predicted molar refractivity (Wildman–Crippen MR) is 116 cm³/mol. The normalized spacial score (nSPS) is 15.9. The minimum atomic E-state index is -1.07. The Morgan fingerprint density at radius 3 is 2.61 bits per heavy atom. The fourth-order valence-corrected chi connectivity index (χ4v) is 4.84. The molecule has 0 saturated heterocycles. The first-order chi connectivity index (χ1) is 14.8. The van der Waals surface area contributed by atoms with E-state index in [1.165, 1.54) is 42.5 Å². The van der Waals surface area contributed by atoms with Gasteiger partial charge < -0.3 is 14.8 Å². The molecule has 1 aromatic heterocycles. The Hall–Kier alpha value is -3.18. The molecule has 1 aliphatic carbocycles. The number of nitriles is 1. The van der Waals surface area contributed by atoms with Crippen LogP contribution in [0.4, 0.5) is 5.00 Å². The number of fused-ring (bicyclic) bond motifs is 1. The van der Waals surface area contributed by atoms with Crippen molar-refractivity contribution < 1.29 is 23.9 Å². The van der Waals surface area contributed by atoms with E-state index in [1.807, 2.05) is 6.07 Å². The van der Waals surface area contributed by atoms with Crippen molar-refractivity contribution in [1.29, 1.82) is 5.26 Å². The smallest absolute Gasteiger partial charge is 0.341 e. The van der Waals surface area contributed by atoms with Crippen LogP contribution < -0.4 is 5.32 Å². The zero-order valence-electron chi connectivity index (χ0n) is 17.7. The Balaban J connectivity index is 1.75. The van der Waals surface area contributed by atoms with Gasteiger partial charge in [-0.05, 0) is 68.9 Å². The topological polar surface area (TPSA) is 105 Å². The number of carbonyl (C=O) groups is 3. The number of esters is 2. The molecule has 0 aliphatic heterocycles. The lowest BCUT2D eigenvalue weighted by molar-refractivity contribution is -0.123. The molecular weight excluding hydrogens is 416 g/mol. The Morgan fingerprint density at radius 2 is 1.97 bits per heavy atom. The van der Waals surface area contributed by atoms with Gasteiger partial charge in [0.15, 0.2) is 6.10 Å². The average molecular weight is 441 g/mol. The summed E-state index contributed by atoms with van der Waals surface area (Å²) in [5.41, 5.74) is 2.02.